The summed E-state index contributed by atoms with van der Waals surface area (Å²) in [5.74, 6) is 1.23. The van der Waals surface area contributed by atoms with Crippen LogP contribution in [0.3, 0.4) is 0 Å². The second kappa shape index (κ2) is 4.59. The zero-order valence-corrected chi connectivity index (χ0v) is 7.41. The van der Waals surface area contributed by atoms with Crippen LogP contribution < -0.4 is 9.47 Å². The Morgan fingerprint density at radius 3 is 2.00 bits per heavy atom. The summed E-state index contributed by atoms with van der Waals surface area (Å²) in [6.07, 6.45) is 0. The van der Waals surface area contributed by atoms with Gasteiger partial charge in [-0.05, 0) is 13.8 Å². The third-order valence-corrected chi connectivity index (χ3v) is 1.28. The van der Waals surface area contributed by atoms with Crippen molar-refractivity contribution < 1.29 is 9.47 Å². The van der Waals surface area contributed by atoms with E-state index >= 15 is 0 Å². The average Bonchev–Trinajstić information content (AvgIpc) is 2.06. The molecule has 0 saturated heterocycles. The minimum atomic E-state index is 0.614. The van der Waals surface area contributed by atoms with E-state index in [1.165, 1.54) is 0 Å². The molecule has 0 N–H and O–H groups in total. The summed E-state index contributed by atoms with van der Waals surface area (Å²) in [5.41, 5.74) is 0. The van der Waals surface area contributed by atoms with E-state index in [1.54, 1.807) is 0 Å². The predicted octanol–water partition coefficient (Wildman–Crippen LogP) is 1.88. The van der Waals surface area contributed by atoms with Crippen LogP contribution in [0.5, 0.6) is 11.8 Å². The highest BCUT2D eigenvalue weighted by Gasteiger charge is 1.96. The van der Waals surface area contributed by atoms with Gasteiger partial charge in [-0.15, -0.1) is 0 Å². The van der Waals surface area contributed by atoms with Crippen LogP contribution in [0.15, 0.2) is 18.2 Å². The Labute approximate surface area is 72.3 Å². The summed E-state index contributed by atoms with van der Waals surface area (Å²) in [5, 5.41) is 0. The summed E-state index contributed by atoms with van der Waals surface area (Å²) in [6.45, 7) is 5.11. The van der Waals surface area contributed by atoms with Crippen molar-refractivity contribution in [2.75, 3.05) is 13.2 Å². The smallest absolute Gasteiger partial charge is 0.216 e. The normalized spacial score (nSPS) is 9.50. The fraction of sp³-hybridized carbons (Fsp3) is 0.444. The van der Waals surface area contributed by atoms with Crippen LogP contribution in [0.4, 0.5) is 0 Å². The molecule has 12 heavy (non-hydrogen) atoms. The number of hydrogen-bond donors (Lipinski definition) is 0. The summed E-state index contributed by atoms with van der Waals surface area (Å²) in [4.78, 5) is 4.11. The molecule has 0 aliphatic heterocycles. The van der Waals surface area contributed by atoms with Crippen LogP contribution in [-0.4, -0.2) is 18.2 Å². The van der Waals surface area contributed by atoms with Gasteiger partial charge in [-0.3, -0.25) is 0 Å². The molecule has 0 spiro atoms. The molecule has 0 atom stereocenters. The summed E-state index contributed by atoms with van der Waals surface area (Å²) >= 11 is 0. The summed E-state index contributed by atoms with van der Waals surface area (Å²) < 4.78 is 10.4. The molecule has 0 aromatic carbocycles. The van der Waals surface area contributed by atoms with Crippen molar-refractivity contribution in [2.24, 2.45) is 0 Å². The first-order valence-electron chi connectivity index (χ1n) is 4.09. The highest BCUT2D eigenvalue weighted by molar-refractivity contribution is 5.19. The molecule has 0 bridgehead atoms. The molecule has 0 radical (unpaired) electrons. The Bertz CT molecular complexity index is 216. The number of hydrogen-bond acceptors (Lipinski definition) is 3. The Kier molecular flexibility index (Phi) is 3.38. The van der Waals surface area contributed by atoms with Gasteiger partial charge in [0, 0.05) is 12.1 Å². The summed E-state index contributed by atoms with van der Waals surface area (Å²) in [7, 11) is 0. The first-order valence-corrected chi connectivity index (χ1v) is 4.09. The molecular weight excluding hydrogens is 154 g/mol. The minimum absolute atomic E-state index is 0.614. The van der Waals surface area contributed by atoms with Gasteiger partial charge in [0.05, 0.1) is 13.2 Å². The number of aromatic nitrogens is 1. The molecule has 3 heteroatoms. The Morgan fingerprint density at radius 2 is 1.58 bits per heavy atom. The van der Waals surface area contributed by atoms with Crippen molar-refractivity contribution in [3.8, 4) is 11.8 Å². The van der Waals surface area contributed by atoms with E-state index in [0.29, 0.717) is 25.0 Å². The molecule has 0 amide bonds. The zero-order chi connectivity index (χ0) is 8.81. The van der Waals surface area contributed by atoms with Gasteiger partial charge in [0.15, 0.2) is 0 Å². The molecule has 1 heterocycles. The van der Waals surface area contributed by atoms with Crippen molar-refractivity contribution in [3.63, 3.8) is 0 Å². The monoisotopic (exact) mass is 167 g/mol. The van der Waals surface area contributed by atoms with Gasteiger partial charge in [0.1, 0.15) is 0 Å². The maximum Gasteiger partial charge on any atom is 0.216 e. The van der Waals surface area contributed by atoms with E-state index < -0.39 is 0 Å². The quantitative estimate of drug-likeness (QED) is 0.686. The molecule has 0 fully saturated rings. The average molecular weight is 167 g/mol. The number of pyridine rings is 1. The van der Waals surface area contributed by atoms with Gasteiger partial charge in [0.25, 0.3) is 0 Å². The van der Waals surface area contributed by atoms with E-state index in [-0.39, 0.29) is 0 Å². The minimum Gasteiger partial charge on any atom is -0.478 e. The molecule has 3 nitrogen and oxygen atoms in total. The van der Waals surface area contributed by atoms with E-state index in [4.69, 9.17) is 9.47 Å². The lowest BCUT2D eigenvalue weighted by Crippen LogP contribution is -1.97. The SMILES string of the molecule is CCOc1cccc(OCC)n1. The predicted molar refractivity (Wildman–Crippen MR) is 46.6 cm³/mol. The van der Waals surface area contributed by atoms with Crippen LogP contribution in [0, 0.1) is 0 Å². The first-order chi connectivity index (χ1) is 5.86. The fourth-order valence-electron chi connectivity index (χ4n) is 0.852. The van der Waals surface area contributed by atoms with Gasteiger partial charge >= 0.3 is 0 Å². The molecule has 66 valence electrons. The van der Waals surface area contributed by atoms with Gasteiger partial charge in [0.2, 0.25) is 11.8 Å². The van der Waals surface area contributed by atoms with Crippen LogP contribution in [0.2, 0.25) is 0 Å². The fourth-order valence-corrected chi connectivity index (χ4v) is 0.852. The molecule has 1 aromatic heterocycles. The molecule has 0 unspecified atom stereocenters. The second-order valence-electron chi connectivity index (χ2n) is 2.18. The van der Waals surface area contributed by atoms with Crippen LogP contribution in [0.1, 0.15) is 13.8 Å². The van der Waals surface area contributed by atoms with Crippen molar-refractivity contribution in [1.82, 2.24) is 4.98 Å². The maximum absolute atomic E-state index is 5.20. The lowest BCUT2D eigenvalue weighted by Gasteiger charge is -2.04. The lowest BCUT2D eigenvalue weighted by atomic mass is 10.5. The molecular formula is C9H13NO2. The Balaban J connectivity index is 2.67. The molecule has 0 saturated carbocycles. The zero-order valence-electron chi connectivity index (χ0n) is 7.41. The standard InChI is InChI=1S/C9H13NO2/c1-3-11-8-6-5-7-9(10-8)12-4-2/h5-7H,3-4H2,1-2H3. The lowest BCUT2D eigenvalue weighted by molar-refractivity contribution is 0.299. The topological polar surface area (TPSA) is 31.4 Å². The third kappa shape index (κ3) is 2.42. The highest BCUT2D eigenvalue weighted by Crippen LogP contribution is 2.12. The molecule has 0 aliphatic rings. The van der Waals surface area contributed by atoms with Gasteiger partial charge < -0.3 is 9.47 Å². The van der Waals surface area contributed by atoms with Crippen molar-refractivity contribution in [2.45, 2.75) is 13.8 Å². The molecule has 1 rings (SSSR count). The van der Waals surface area contributed by atoms with Crippen LogP contribution >= 0.6 is 0 Å². The van der Waals surface area contributed by atoms with E-state index in [9.17, 15) is 0 Å². The Morgan fingerprint density at radius 1 is 1.08 bits per heavy atom. The summed E-state index contributed by atoms with van der Waals surface area (Å²) in [6, 6.07) is 5.49. The van der Waals surface area contributed by atoms with Crippen molar-refractivity contribution >= 4 is 0 Å². The largest absolute Gasteiger partial charge is 0.478 e. The van der Waals surface area contributed by atoms with E-state index in [2.05, 4.69) is 4.98 Å². The van der Waals surface area contributed by atoms with Gasteiger partial charge in [-0.25, -0.2) is 0 Å². The third-order valence-electron chi connectivity index (χ3n) is 1.28. The van der Waals surface area contributed by atoms with Crippen molar-refractivity contribution in [1.29, 1.82) is 0 Å². The van der Waals surface area contributed by atoms with E-state index in [0.717, 1.165) is 0 Å². The molecule has 0 aliphatic carbocycles. The maximum atomic E-state index is 5.20. The first kappa shape index (κ1) is 8.84. The van der Waals surface area contributed by atoms with Gasteiger partial charge in [-0.2, -0.15) is 4.98 Å². The number of ether oxygens (including phenoxy) is 2. The highest BCUT2D eigenvalue weighted by atomic mass is 16.5. The van der Waals surface area contributed by atoms with Gasteiger partial charge in [-0.1, -0.05) is 6.07 Å². The number of rotatable bonds is 4. The molecule has 1 aromatic rings. The second-order valence-corrected chi connectivity index (χ2v) is 2.18. The van der Waals surface area contributed by atoms with Crippen molar-refractivity contribution in [3.05, 3.63) is 18.2 Å². The number of nitrogens with zero attached hydrogens (tertiary/aromatic N) is 1. The Hall–Kier alpha value is -1.25. The van der Waals surface area contributed by atoms with E-state index in [1.807, 2.05) is 32.0 Å². The van der Waals surface area contributed by atoms with Crippen LogP contribution in [0.25, 0.3) is 0 Å². The van der Waals surface area contributed by atoms with Crippen LogP contribution in [-0.2, 0) is 0 Å².